The lowest BCUT2D eigenvalue weighted by Crippen LogP contribution is -1.87. The van der Waals surface area contributed by atoms with E-state index in [9.17, 15) is 9.59 Å². The van der Waals surface area contributed by atoms with Gasteiger partial charge in [-0.1, -0.05) is 140 Å². The molecule has 0 aliphatic carbocycles. The van der Waals surface area contributed by atoms with Gasteiger partial charge < -0.3 is 25.2 Å². The van der Waals surface area contributed by atoms with E-state index in [1.54, 1.807) is 12.2 Å². The zero-order valence-electron chi connectivity index (χ0n) is 25.8. The molecule has 45 heavy (non-hydrogen) atoms. The summed E-state index contributed by atoms with van der Waals surface area (Å²) < 4.78 is 0. The third-order valence-electron chi connectivity index (χ3n) is 5.24. The standard InChI is InChI=1S/C9H12O.2C9H10O.C9H8O.CHNO.CH4O.4H2/c4*10-8-4-7-9-5-2-1-3-6-9;2-1-3;1-2;;;;/h1-3,5-6,10H,4,7-8H2;1-3,5-6,8H,4,7H2;1-7,10H,8H2;1-8H;3H;2H,1H3;4*1H/b;;2*7-4+;;;;;;. The first-order valence-electron chi connectivity index (χ1n) is 14.2. The second-order valence-corrected chi connectivity index (χ2v) is 8.51. The molecule has 7 nitrogen and oxygen atoms in total. The Kier molecular flexibility index (Phi) is 32.7. The van der Waals surface area contributed by atoms with E-state index in [1.165, 1.54) is 17.2 Å². The molecule has 0 aliphatic rings. The molecule has 0 heterocycles. The Hall–Kier alpha value is -5.13. The Morgan fingerprint density at radius 3 is 1.44 bits per heavy atom. The highest BCUT2D eigenvalue weighted by atomic mass is 16.3. The van der Waals surface area contributed by atoms with Crippen LogP contribution < -0.4 is 0 Å². The maximum absolute atomic E-state index is 9.98. The minimum atomic E-state index is 0. The number of hydrogen-bond acceptors (Lipinski definition) is 7. The van der Waals surface area contributed by atoms with Crippen molar-refractivity contribution in [3.05, 3.63) is 156 Å². The van der Waals surface area contributed by atoms with Crippen molar-refractivity contribution in [1.29, 1.82) is 5.26 Å². The SMILES string of the molecule is CO.N#CO.O=C/C=C/c1ccccc1.O=CCCc1ccccc1.OC/C=C/c1ccccc1.OCCCc1ccccc1.[HH].[HH].[HH].[HH]. The largest absolute Gasteiger partial charge is 0.443 e. The molecule has 0 saturated carbocycles. The van der Waals surface area contributed by atoms with Gasteiger partial charge in [-0.05, 0) is 47.6 Å². The van der Waals surface area contributed by atoms with E-state index in [1.807, 2.05) is 115 Å². The molecule has 4 aromatic rings. The van der Waals surface area contributed by atoms with E-state index in [2.05, 4.69) is 12.1 Å². The molecule has 0 aromatic heterocycles. The lowest BCUT2D eigenvalue weighted by molar-refractivity contribution is -0.107. The van der Waals surface area contributed by atoms with Crippen molar-refractivity contribution in [3.63, 3.8) is 0 Å². The molecular weight excluding hydrogens is 566 g/mol. The summed E-state index contributed by atoms with van der Waals surface area (Å²) in [6.45, 7) is 0.393. The summed E-state index contributed by atoms with van der Waals surface area (Å²) in [5, 5.41) is 37.7. The number of aldehydes is 2. The predicted molar refractivity (Wildman–Crippen MR) is 191 cm³/mol. The number of nitriles is 1. The molecule has 4 N–H and O–H groups in total. The highest BCUT2D eigenvalue weighted by molar-refractivity contribution is 5.73. The zero-order chi connectivity index (χ0) is 33.6. The van der Waals surface area contributed by atoms with Crippen molar-refractivity contribution >= 4 is 24.7 Å². The summed E-state index contributed by atoms with van der Waals surface area (Å²) in [4.78, 5) is 19.9. The van der Waals surface area contributed by atoms with Crippen LogP contribution >= 0.6 is 0 Å². The van der Waals surface area contributed by atoms with Crippen molar-refractivity contribution in [2.45, 2.75) is 25.7 Å². The van der Waals surface area contributed by atoms with Gasteiger partial charge in [0, 0.05) is 25.8 Å². The summed E-state index contributed by atoms with van der Waals surface area (Å²) in [6.07, 6.45) is 12.7. The van der Waals surface area contributed by atoms with Crippen LogP contribution in [0.15, 0.2) is 133 Å². The predicted octanol–water partition coefficient (Wildman–Crippen LogP) is 7.45. The number of aliphatic hydroxyl groups excluding tert-OH is 4. The van der Waals surface area contributed by atoms with Gasteiger partial charge in [0.15, 0.2) is 0 Å². The fraction of sp³-hybridized carbons (Fsp3) is 0.184. The third kappa shape index (κ3) is 28.8. The lowest BCUT2D eigenvalue weighted by atomic mass is 10.1. The van der Waals surface area contributed by atoms with Crippen molar-refractivity contribution in [1.82, 2.24) is 0 Å². The Labute approximate surface area is 273 Å². The number of aliphatic hydroxyl groups is 4. The van der Waals surface area contributed by atoms with Crippen molar-refractivity contribution < 1.29 is 35.7 Å². The first kappa shape index (κ1) is 42.0. The maximum atomic E-state index is 9.98. The van der Waals surface area contributed by atoms with Crippen LogP contribution in [0, 0.1) is 11.5 Å². The molecule has 0 bridgehead atoms. The Balaban J connectivity index is -0.000000117. The van der Waals surface area contributed by atoms with Gasteiger partial charge in [0.2, 0.25) is 0 Å². The van der Waals surface area contributed by atoms with Crippen LogP contribution in [0.4, 0.5) is 0 Å². The number of carbonyl (C=O) groups is 2. The van der Waals surface area contributed by atoms with Crippen LogP contribution in [0.1, 0.15) is 40.8 Å². The molecule has 0 spiro atoms. The topological polar surface area (TPSA) is 139 Å². The Morgan fingerprint density at radius 1 is 0.667 bits per heavy atom. The second kappa shape index (κ2) is 35.1. The molecule has 246 valence electrons. The van der Waals surface area contributed by atoms with Crippen LogP contribution in [-0.4, -0.2) is 53.3 Å². The number of allylic oxidation sites excluding steroid dienone is 1. The lowest BCUT2D eigenvalue weighted by Gasteiger charge is -1.96. The highest BCUT2D eigenvalue weighted by Gasteiger charge is 1.88. The van der Waals surface area contributed by atoms with Crippen LogP contribution in [-0.2, 0) is 22.4 Å². The molecule has 0 atom stereocenters. The fourth-order valence-electron chi connectivity index (χ4n) is 3.27. The number of nitrogens with zero attached hydrogens (tertiary/aromatic N) is 1. The molecule has 0 unspecified atom stereocenters. The van der Waals surface area contributed by atoms with Gasteiger partial charge in [-0.15, -0.1) is 0 Å². The van der Waals surface area contributed by atoms with E-state index in [-0.39, 0.29) is 18.9 Å². The molecule has 0 radical (unpaired) electrons. The molecule has 0 amide bonds. The molecule has 0 fully saturated rings. The first-order chi connectivity index (χ1) is 22.1. The third-order valence-corrected chi connectivity index (χ3v) is 5.24. The monoisotopic (exact) mass is 619 g/mol. The summed E-state index contributed by atoms with van der Waals surface area (Å²) >= 11 is 0. The van der Waals surface area contributed by atoms with Crippen molar-refractivity contribution in [2.75, 3.05) is 20.3 Å². The van der Waals surface area contributed by atoms with E-state index >= 15 is 0 Å². The number of aryl methyl sites for hydroxylation is 2. The van der Waals surface area contributed by atoms with Gasteiger partial charge >= 0.3 is 0 Å². The average Bonchev–Trinajstić information content (AvgIpc) is 3.12. The summed E-state index contributed by atoms with van der Waals surface area (Å²) in [6, 6.07) is 39.8. The summed E-state index contributed by atoms with van der Waals surface area (Å²) in [5.41, 5.74) is 4.71. The highest BCUT2D eigenvalue weighted by Crippen LogP contribution is 2.02. The van der Waals surface area contributed by atoms with Gasteiger partial charge in [0.05, 0.1) is 6.61 Å². The molecule has 0 aliphatic heterocycles. The minimum Gasteiger partial charge on any atom is -0.443 e. The van der Waals surface area contributed by atoms with E-state index < -0.39 is 0 Å². The zero-order valence-corrected chi connectivity index (χ0v) is 25.8. The molecule has 7 heteroatoms. The second-order valence-electron chi connectivity index (χ2n) is 8.51. The van der Waals surface area contributed by atoms with Gasteiger partial charge in [0.1, 0.15) is 12.6 Å². The van der Waals surface area contributed by atoms with Gasteiger partial charge in [0.25, 0.3) is 6.26 Å². The first-order valence-corrected chi connectivity index (χ1v) is 14.2. The quantitative estimate of drug-likeness (QED) is 0.0821. The van der Waals surface area contributed by atoms with Gasteiger partial charge in [-0.2, -0.15) is 5.26 Å². The number of rotatable bonds is 10. The minimum absolute atomic E-state index is 0. The smallest absolute Gasteiger partial charge is 0.283 e. The Morgan fingerprint density at radius 2 is 1.07 bits per heavy atom. The van der Waals surface area contributed by atoms with Crippen LogP contribution in [0.2, 0.25) is 0 Å². The molecule has 0 saturated heterocycles. The number of hydrogen-bond donors (Lipinski definition) is 4. The average molecular weight is 620 g/mol. The maximum Gasteiger partial charge on any atom is 0.283 e. The summed E-state index contributed by atoms with van der Waals surface area (Å²) in [7, 11) is 1.00. The summed E-state index contributed by atoms with van der Waals surface area (Å²) in [5.74, 6) is 0. The molecule has 4 rings (SSSR count). The molecule has 4 aromatic carbocycles. The van der Waals surface area contributed by atoms with E-state index in [0.717, 1.165) is 56.3 Å². The fourth-order valence-corrected chi connectivity index (χ4v) is 3.27. The van der Waals surface area contributed by atoms with E-state index in [4.69, 9.17) is 25.7 Å². The van der Waals surface area contributed by atoms with Gasteiger partial charge in [-0.25, -0.2) is 0 Å². The van der Waals surface area contributed by atoms with Crippen molar-refractivity contribution in [3.8, 4) is 6.26 Å². The van der Waals surface area contributed by atoms with Crippen LogP contribution in [0.3, 0.4) is 0 Å². The normalized spacial score (nSPS) is 9.04. The Bertz CT molecular complexity index is 1290. The number of carbonyl (C=O) groups excluding carboxylic acids is 2. The van der Waals surface area contributed by atoms with Crippen molar-refractivity contribution in [2.24, 2.45) is 0 Å². The van der Waals surface area contributed by atoms with E-state index in [0.29, 0.717) is 6.42 Å². The number of benzene rings is 4. The van der Waals surface area contributed by atoms with Crippen LogP contribution in [0.25, 0.3) is 12.2 Å². The van der Waals surface area contributed by atoms with Gasteiger partial charge in [-0.3, -0.25) is 4.79 Å². The van der Waals surface area contributed by atoms with Crippen LogP contribution in [0.5, 0.6) is 0 Å². The molecular formula is C38H53NO6.